The van der Waals surface area contributed by atoms with E-state index in [4.69, 9.17) is 5.73 Å². The van der Waals surface area contributed by atoms with Crippen molar-refractivity contribution in [2.75, 3.05) is 13.1 Å². The molecule has 0 bridgehead atoms. The normalized spacial score (nSPS) is 11.2. The molecule has 0 aliphatic heterocycles. The third kappa shape index (κ3) is 7.47. The molecular weight excluding hydrogens is 346 g/mol. The van der Waals surface area contributed by atoms with Crippen molar-refractivity contribution >= 4 is 40.2 Å². The van der Waals surface area contributed by atoms with Gasteiger partial charge < -0.3 is 16.4 Å². The van der Waals surface area contributed by atoms with Gasteiger partial charge in [0.15, 0.2) is 0 Å². The molecule has 0 spiro atoms. The minimum atomic E-state index is -0.338. The Morgan fingerprint density at radius 1 is 1.35 bits per heavy atom. The molecule has 1 aromatic carbocycles. The predicted molar refractivity (Wildman–Crippen MR) is 84.8 cm³/mol. The van der Waals surface area contributed by atoms with Crippen LogP contribution in [0.2, 0.25) is 0 Å². The molecule has 0 fully saturated rings. The Kier molecular flexibility index (Phi) is 9.20. The van der Waals surface area contributed by atoms with Gasteiger partial charge in [0, 0.05) is 10.5 Å². The highest BCUT2D eigenvalue weighted by atomic mass is 79.9. The highest BCUT2D eigenvalue weighted by molar-refractivity contribution is 9.10. The van der Waals surface area contributed by atoms with E-state index in [9.17, 15) is 9.59 Å². The molecule has 0 aliphatic carbocycles. The Morgan fingerprint density at radius 3 is 2.65 bits per heavy atom. The van der Waals surface area contributed by atoms with E-state index in [-0.39, 0.29) is 43.4 Å². The molecule has 7 heteroatoms. The zero-order valence-corrected chi connectivity index (χ0v) is 13.6. The van der Waals surface area contributed by atoms with E-state index in [0.717, 1.165) is 16.5 Å². The zero-order valence-electron chi connectivity index (χ0n) is 11.2. The maximum Gasteiger partial charge on any atom is 0.239 e. The Labute approximate surface area is 133 Å². The number of hydrogen-bond acceptors (Lipinski definition) is 3. The standard InChI is InChI=1S/C13H18BrN3O2.ClH/c1-9(5-10-3-2-4-11(14)6-10)17-13(19)8-16-12(18)7-15;/h2-4,6,9H,5,7-8,15H2,1H3,(H,16,18)(H,17,19);1H. The Bertz CT molecular complexity index is 457. The van der Waals surface area contributed by atoms with Gasteiger partial charge in [0.25, 0.3) is 0 Å². The summed E-state index contributed by atoms with van der Waals surface area (Å²) in [5.74, 6) is -0.556. The number of halogens is 2. The van der Waals surface area contributed by atoms with Crippen LogP contribution in [-0.4, -0.2) is 30.9 Å². The summed E-state index contributed by atoms with van der Waals surface area (Å²) in [4.78, 5) is 22.5. The predicted octanol–water partition coefficient (Wildman–Crippen LogP) is 0.993. The van der Waals surface area contributed by atoms with Crippen molar-refractivity contribution in [2.24, 2.45) is 5.73 Å². The van der Waals surface area contributed by atoms with E-state index in [1.165, 1.54) is 0 Å². The van der Waals surface area contributed by atoms with E-state index in [2.05, 4.69) is 26.6 Å². The smallest absolute Gasteiger partial charge is 0.239 e. The first-order valence-electron chi connectivity index (χ1n) is 6.02. The summed E-state index contributed by atoms with van der Waals surface area (Å²) in [6.07, 6.45) is 0.732. The molecule has 0 aromatic heterocycles. The lowest BCUT2D eigenvalue weighted by Gasteiger charge is -2.14. The second-order valence-electron chi connectivity index (χ2n) is 4.28. The lowest BCUT2D eigenvalue weighted by molar-refractivity contribution is -0.125. The summed E-state index contributed by atoms with van der Waals surface area (Å²) >= 11 is 3.40. The average molecular weight is 365 g/mol. The molecular formula is C13H19BrClN3O2. The SMILES string of the molecule is CC(Cc1cccc(Br)c1)NC(=O)CNC(=O)CN.Cl. The van der Waals surface area contributed by atoms with E-state index < -0.39 is 0 Å². The number of amides is 2. The average Bonchev–Trinajstić information content (AvgIpc) is 2.35. The molecule has 112 valence electrons. The van der Waals surface area contributed by atoms with Crippen LogP contribution in [-0.2, 0) is 16.0 Å². The quantitative estimate of drug-likeness (QED) is 0.704. The number of hydrogen-bond donors (Lipinski definition) is 3. The molecule has 0 saturated heterocycles. The number of carbonyl (C=O) groups excluding carboxylic acids is 2. The van der Waals surface area contributed by atoms with Crippen molar-refractivity contribution in [3.8, 4) is 0 Å². The number of nitrogens with two attached hydrogens (primary N) is 1. The topological polar surface area (TPSA) is 84.2 Å². The second kappa shape index (κ2) is 9.74. The van der Waals surface area contributed by atoms with Gasteiger partial charge in [-0.05, 0) is 31.0 Å². The van der Waals surface area contributed by atoms with Crippen molar-refractivity contribution < 1.29 is 9.59 Å². The minimum Gasteiger partial charge on any atom is -0.352 e. The van der Waals surface area contributed by atoms with E-state index in [0.29, 0.717) is 0 Å². The minimum absolute atomic E-state index is 0. The molecule has 2 amide bonds. The van der Waals surface area contributed by atoms with Crippen molar-refractivity contribution in [1.29, 1.82) is 0 Å². The zero-order chi connectivity index (χ0) is 14.3. The largest absolute Gasteiger partial charge is 0.352 e. The molecule has 0 heterocycles. The molecule has 1 rings (SSSR count). The summed E-state index contributed by atoms with van der Waals surface area (Å²) in [5, 5.41) is 5.24. The summed E-state index contributed by atoms with van der Waals surface area (Å²) < 4.78 is 1.01. The molecule has 4 N–H and O–H groups in total. The molecule has 0 saturated carbocycles. The molecule has 5 nitrogen and oxygen atoms in total. The van der Waals surface area contributed by atoms with Crippen LogP contribution in [0.15, 0.2) is 28.7 Å². The summed E-state index contributed by atoms with van der Waals surface area (Å²) in [7, 11) is 0. The third-order valence-electron chi connectivity index (χ3n) is 2.47. The van der Waals surface area contributed by atoms with Crippen LogP contribution in [0.5, 0.6) is 0 Å². The van der Waals surface area contributed by atoms with E-state index >= 15 is 0 Å². The molecule has 20 heavy (non-hydrogen) atoms. The van der Waals surface area contributed by atoms with Crippen LogP contribution in [0.3, 0.4) is 0 Å². The first-order valence-corrected chi connectivity index (χ1v) is 6.81. The first-order chi connectivity index (χ1) is 9.01. The molecule has 1 unspecified atom stereocenters. The fourth-order valence-electron chi connectivity index (χ4n) is 1.65. The van der Waals surface area contributed by atoms with Gasteiger partial charge in [-0.3, -0.25) is 9.59 Å². The van der Waals surface area contributed by atoms with Crippen molar-refractivity contribution in [1.82, 2.24) is 10.6 Å². The lowest BCUT2D eigenvalue weighted by Crippen LogP contribution is -2.43. The maximum absolute atomic E-state index is 11.6. The fraction of sp³-hybridized carbons (Fsp3) is 0.385. The second-order valence-corrected chi connectivity index (χ2v) is 5.20. The first kappa shape index (κ1) is 18.9. The number of rotatable bonds is 6. The van der Waals surface area contributed by atoms with Crippen LogP contribution in [0.1, 0.15) is 12.5 Å². The van der Waals surface area contributed by atoms with Crippen LogP contribution < -0.4 is 16.4 Å². The van der Waals surface area contributed by atoms with Crippen molar-refractivity contribution in [2.45, 2.75) is 19.4 Å². The number of nitrogens with one attached hydrogen (secondary N) is 2. The number of benzene rings is 1. The van der Waals surface area contributed by atoms with Crippen LogP contribution in [0.25, 0.3) is 0 Å². The molecule has 0 radical (unpaired) electrons. The third-order valence-corrected chi connectivity index (χ3v) is 2.96. The highest BCUT2D eigenvalue weighted by Crippen LogP contribution is 2.12. The van der Waals surface area contributed by atoms with Gasteiger partial charge in [-0.1, -0.05) is 28.1 Å². The Balaban J connectivity index is 0.00000361. The lowest BCUT2D eigenvalue weighted by atomic mass is 10.1. The van der Waals surface area contributed by atoms with Crippen LogP contribution in [0, 0.1) is 0 Å². The number of carbonyl (C=O) groups is 2. The van der Waals surface area contributed by atoms with Gasteiger partial charge >= 0.3 is 0 Å². The molecule has 1 aromatic rings. The van der Waals surface area contributed by atoms with Crippen LogP contribution in [0.4, 0.5) is 0 Å². The van der Waals surface area contributed by atoms with Crippen molar-refractivity contribution in [3.05, 3.63) is 34.3 Å². The van der Waals surface area contributed by atoms with Gasteiger partial charge in [0.1, 0.15) is 0 Å². The summed E-state index contributed by atoms with van der Waals surface area (Å²) in [6.45, 7) is 1.77. The summed E-state index contributed by atoms with van der Waals surface area (Å²) in [6, 6.07) is 7.92. The van der Waals surface area contributed by atoms with Gasteiger partial charge in [0.05, 0.1) is 13.1 Å². The molecule has 0 aliphatic rings. The molecule has 1 atom stereocenters. The van der Waals surface area contributed by atoms with Gasteiger partial charge in [-0.15, -0.1) is 12.4 Å². The van der Waals surface area contributed by atoms with Gasteiger partial charge in [0.2, 0.25) is 11.8 Å². The van der Waals surface area contributed by atoms with Gasteiger partial charge in [-0.25, -0.2) is 0 Å². The highest BCUT2D eigenvalue weighted by Gasteiger charge is 2.09. The summed E-state index contributed by atoms with van der Waals surface area (Å²) in [5.41, 5.74) is 6.26. The maximum atomic E-state index is 11.6. The van der Waals surface area contributed by atoms with Crippen LogP contribution >= 0.6 is 28.3 Å². The van der Waals surface area contributed by atoms with Gasteiger partial charge in [-0.2, -0.15) is 0 Å². The van der Waals surface area contributed by atoms with E-state index in [1.54, 1.807) is 0 Å². The fourth-order valence-corrected chi connectivity index (χ4v) is 2.09. The Morgan fingerprint density at radius 2 is 2.05 bits per heavy atom. The monoisotopic (exact) mass is 363 g/mol. The van der Waals surface area contributed by atoms with E-state index in [1.807, 2.05) is 31.2 Å². The Hall–Kier alpha value is -1.11. The van der Waals surface area contributed by atoms with Crippen molar-refractivity contribution in [3.63, 3.8) is 0 Å².